The summed E-state index contributed by atoms with van der Waals surface area (Å²) in [4.78, 5) is 11.8. The number of carbonyl (C=O) groups is 1. The molecule has 4 nitrogen and oxygen atoms in total. The van der Waals surface area contributed by atoms with Crippen LogP contribution in [0.25, 0.3) is 0 Å². The second-order valence-electron chi connectivity index (χ2n) is 6.45. The molecule has 0 spiro atoms. The molecule has 1 aliphatic carbocycles. The van der Waals surface area contributed by atoms with Crippen molar-refractivity contribution in [1.82, 2.24) is 10.6 Å². The van der Waals surface area contributed by atoms with Gasteiger partial charge in [0.1, 0.15) is 5.60 Å². The van der Waals surface area contributed by atoms with E-state index in [4.69, 9.17) is 4.74 Å². The first-order valence-corrected chi connectivity index (χ1v) is 7.65. The molecule has 0 aromatic carbocycles. The van der Waals surface area contributed by atoms with Gasteiger partial charge in [0.05, 0.1) is 0 Å². The van der Waals surface area contributed by atoms with Crippen LogP contribution in [0.4, 0.5) is 4.79 Å². The fourth-order valence-electron chi connectivity index (χ4n) is 2.50. The van der Waals surface area contributed by atoms with Crippen LogP contribution in [0.5, 0.6) is 0 Å². The van der Waals surface area contributed by atoms with Crippen molar-refractivity contribution in [3.05, 3.63) is 0 Å². The molecule has 1 aliphatic rings. The number of hydrogen-bond donors (Lipinski definition) is 2. The molecule has 0 bridgehead atoms. The molecule has 1 rings (SSSR count). The van der Waals surface area contributed by atoms with Gasteiger partial charge in [0.15, 0.2) is 0 Å². The van der Waals surface area contributed by atoms with E-state index in [0.29, 0.717) is 6.04 Å². The summed E-state index contributed by atoms with van der Waals surface area (Å²) in [6, 6.07) is 0.626. The minimum atomic E-state index is -0.424. The van der Waals surface area contributed by atoms with Gasteiger partial charge < -0.3 is 15.4 Å². The Hall–Kier alpha value is -0.770. The molecule has 2 unspecified atom stereocenters. The third kappa shape index (κ3) is 6.81. The lowest BCUT2D eigenvalue weighted by Gasteiger charge is -2.25. The fraction of sp³-hybridized carbons (Fsp3) is 0.933. The molecule has 0 saturated heterocycles. The fourth-order valence-corrected chi connectivity index (χ4v) is 2.50. The summed E-state index contributed by atoms with van der Waals surface area (Å²) in [7, 11) is 0. The average molecular weight is 270 g/mol. The number of rotatable bonds is 6. The van der Waals surface area contributed by atoms with Gasteiger partial charge in [-0.1, -0.05) is 19.8 Å². The number of unbranched alkanes of at least 4 members (excludes halogenated alkanes) is 2. The molecule has 4 heteroatoms. The standard InChI is InChI=1S/C15H30N2O2/c1-5-6-7-11-16-12-9-8-10-13(12)17-14(18)19-15(2,3)4/h12-13,16H,5-11H2,1-4H3,(H,17,18). The van der Waals surface area contributed by atoms with Crippen molar-refractivity contribution in [2.75, 3.05) is 6.54 Å². The SMILES string of the molecule is CCCCCNC1CCCC1NC(=O)OC(C)(C)C. The monoisotopic (exact) mass is 270 g/mol. The van der Waals surface area contributed by atoms with E-state index in [1.165, 1.54) is 25.7 Å². The molecular formula is C15H30N2O2. The van der Waals surface area contributed by atoms with Crippen molar-refractivity contribution in [3.8, 4) is 0 Å². The Morgan fingerprint density at radius 3 is 2.53 bits per heavy atom. The van der Waals surface area contributed by atoms with Crippen LogP contribution in [0.1, 0.15) is 66.2 Å². The first-order valence-electron chi connectivity index (χ1n) is 7.65. The zero-order chi connectivity index (χ0) is 14.3. The third-order valence-electron chi connectivity index (χ3n) is 3.40. The minimum Gasteiger partial charge on any atom is -0.444 e. The zero-order valence-corrected chi connectivity index (χ0v) is 12.9. The Balaban J connectivity index is 2.29. The number of carbonyl (C=O) groups excluding carboxylic acids is 1. The second-order valence-corrected chi connectivity index (χ2v) is 6.45. The molecule has 0 radical (unpaired) electrons. The van der Waals surface area contributed by atoms with E-state index < -0.39 is 5.60 Å². The van der Waals surface area contributed by atoms with E-state index in [-0.39, 0.29) is 12.1 Å². The number of ether oxygens (including phenoxy) is 1. The van der Waals surface area contributed by atoms with Gasteiger partial charge >= 0.3 is 6.09 Å². The number of amides is 1. The second kappa shape index (κ2) is 7.73. The number of nitrogens with one attached hydrogen (secondary N) is 2. The smallest absolute Gasteiger partial charge is 0.407 e. The Bertz CT molecular complexity index is 274. The highest BCUT2D eigenvalue weighted by molar-refractivity contribution is 5.68. The Morgan fingerprint density at radius 2 is 1.89 bits per heavy atom. The molecule has 0 aromatic rings. The molecule has 1 fully saturated rings. The van der Waals surface area contributed by atoms with Gasteiger partial charge in [0, 0.05) is 12.1 Å². The summed E-state index contributed by atoms with van der Waals surface area (Å²) in [6.07, 6.45) is 6.80. The molecular weight excluding hydrogens is 240 g/mol. The first kappa shape index (κ1) is 16.3. The summed E-state index contributed by atoms with van der Waals surface area (Å²) in [6.45, 7) is 8.93. The molecule has 2 atom stereocenters. The van der Waals surface area contributed by atoms with E-state index in [1.54, 1.807) is 0 Å². The predicted octanol–water partition coefficient (Wildman–Crippen LogP) is 3.21. The summed E-state index contributed by atoms with van der Waals surface area (Å²) < 4.78 is 5.31. The van der Waals surface area contributed by atoms with Crippen LogP contribution >= 0.6 is 0 Å². The average Bonchev–Trinajstić information content (AvgIpc) is 2.69. The lowest BCUT2D eigenvalue weighted by molar-refractivity contribution is 0.0498. The van der Waals surface area contributed by atoms with Crippen LogP contribution in [-0.2, 0) is 4.74 Å². The lowest BCUT2D eigenvalue weighted by atomic mass is 10.1. The van der Waals surface area contributed by atoms with Crippen molar-refractivity contribution >= 4 is 6.09 Å². The highest BCUT2D eigenvalue weighted by atomic mass is 16.6. The predicted molar refractivity (Wildman–Crippen MR) is 78.3 cm³/mol. The van der Waals surface area contributed by atoms with Gasteiger partial charge in [-0.25, -0.2) is 4.79 Å². The Kier molecular flexibility index (Phi) is 6.63. The maximum Gasteiger partial charge on any atom is 0.407 e. The van der Waals surface area contributed by atoms with Crippen molar-refractivity contribution in [2.45, 2.75) is 83.9 Å². The number of alkyl carbamates (subject to hydrolysis) is 1. The third-order valence-corrected chi connectivity index (χ3v) is 3.40. The first-order chi connectivity index (χ1) is 8.92. The molecule has 1 amide bonds. The molecule has 0 aliphatic heterocycles. The minimum absolute atomic E-state index is 0.219. The topological polar surface area (TPSA) is 50.4 Å². The maximum atomic E-state index is 11.8. The molecule has 0 heterocycles. The maximum absolute atomic E-state index is 11.8. The van der Waals surface area contributed by atoms with E-state index in [0.717, 1.165) is 19.4 Å². The Labute approximate surface area is 117 Å². The molecule has 0 aromatic heterocycles. The van der Waals surface area contributed by atoms with Crippen LogP contribution in [0.3, 0.4) is 0 Å². The van der Waals surface area contributed by atoms with Crippen molar-refractivity contribution in [1.29, 1.82) is 0 Å². The molecule has 1 saturated carbocycles. The normalized spacial score (nSPS) is 23.4. The highest BCUT2D eigenvalue weighted by Crippen LogP contribution is 2.20. The molecule has 19 heavy (non-hydrogen) atoms. The van der Waals surface area contributed by atoms with Gasteiger partial charge in [-0.15, -0.1) is 0 Å². The van der Waals surface area contributed by atoms with Crippen LogP contribution in [0, 0.1) is 0 Å². The van der Waals surface area contributed by atoms with E-state index in [1.807, 2.05) is 20.8 Å². The molecule has 112 valence electrons. The van der Waals surface area contributed by atoms with Crippen molar-refractivity contribution in [3.63, 3.8) is 0 Å². The summed E-state index contributed by atoms with van der Waals surface area (Å²) >= 11 is 0. The summed E-state index contributed by atoms with van der Waals surface area (Å²) in [5, 5.41) is 6.57. The van der Waals surface area contributed by atoms with Gasteiger partial charge in [0.2, 0.25) is 0 Å². The van der Waals surface area contributed by atoms with Crippen LogP contribution < -0.4 is 10.6 Å². The van der Waals surface area contributed by atoms with Crippen LogP contribution in [-0.4, -0.2) is 30.3 Å². The summed E-state index contributed by atoms with van der Waals surface area (Å²) in [5.41, 5.74) is -0.424. The van der Waals surface area contributed by atoms with Gasteiger partial charge in [-0.3, -0.25) is 0 Å². The summed E-state index contributed by atoms with van der Waals surface area (Å²) in [5.74, 6) is 0. The van der Waals surface area contributed by atoms with Gasteiger partial charge in [-0.05, 0) is 53.0 Å². The van der Waals surface area contributed by atoms with Crippen molar-refractivity contribution in [2.24, 2.45) is 0 Å². The zero-order valence-electron chi connectivity index (χ0n) is 12.9. The largest absolute Gasteiger partial charge is 0.444 e. The van der Waals surface area contributed by atoms with Crippen LogP contribution in [0.2, 0.25) is 0 Å². The molecule has 2 N–H and O–H groups in total. The Morgan fingerprint density at radius 1 is 1.21 bits per heavy atom. The van der Waals surface area contributed by atoms with Crippen LogP contribution in [0.15, 0.2) is 0 Å². The van der Waals surface area contributed by atoms with Crippen molar-refractivity contribution < 1.29 is 9.53 Å². The lowest BCUT2D eigenvalue weighted by Crippen LogP contribution is -2.48. The van der Waals surface area contributed by atoms with Gasteiger partial charge in [0.25, 0.3) is 0 Å². The van der Waals surface area contributed by atoms with E-state index >= 15 is 0 Å². The van der Waals surface area contributed by atoms with E-state index in [9.17, 15) is 4.79 Å². The van der Waals surface area contributed by atoms with E-state index in [2.05, 4.69) is 17.6 Å². The number of hydrogen-bond acceptors (Lipinski definition) is 3. The quantitative estimate of drug-likeness (QED) is 0.729. The van der Waals surface area contributed by atoms with Gasteiger partial charge in [-0.2, -0.15) is 0 Å². The highest BCUT2D eigenvalue weighted by Gasteiger charge is 2.29.